The van der Waals surface area contributed by atoms with Gasteiger partial charge in [0.2, 0.25) is 10.0 Å². The number of hydrogen-bond donors (Lipinski definition) is 0. The highest BCUT2D eigenvalue weighted by atomic mass is 32.2. The Bertz CT molecular complexity index is 1020. The van der Waals surface area contributed by atoms with Gasteiger partial charge in [-0.05, 0) is 48.1 Å². The summed E-state index contributed by atoms with van der Waals surface area (Å²) in [7, 11) is -3.56. The number of carbonyl (C=O) groups is 2. The van der Waals surface area contributed by atoms with Crippen molar-refractivity contribution in [1.82, 2.24) is 14.2 Å². The average molecular weight is 413 g/mol. The largest absolute Gasteiger partial charge is 0.280 e. The van der Waals surface area contributed by atoms with Crippen molar-refractivity contribution >= 4 is 21.8 Å². The van der Waals surface area contributed by atoms with Crippen LogP contribution in [0.4, 0.5) is 0 Å². The van der Waals surface area contributed by atoms with Gasteiger partial charge < -0.3 is 0 Å². The van der Waals surface area contributed by atoms with E-state index in [4.69, 9.17) is 0 Å². The minimum Gasteiger partial charge on any atom is -0.268 e. The van der Waals surface area contributed by atoms with Crippen LogP contribution in [0.1, 0.15) is 46.7 Å². The topological polar surface area (TPSA) is 87.7 Å². The van der Waals surface area contributed by atoms with Crippen LogP contribution in [0.3, 0.4) is 0 Å². The standard InChI is InChI=1S/C21H23N3O4S/c1-14-10-15(2)12-23(11-14)29(27,28)17-7-5-16(6-8-17)13-24-20(25)18-4-3-9-22-19(18)21(24)26/h3-9,14-15H,10-13H2,1-2H3. The molecule has 1 fully saturated rings. The van der Waals surface area contributed by atoms with Crippen molar-refractivity contribution in [2.75, 3.05) is 13.1 Å². The van der Waals surface area contributed by atoms with Crippen molar-refractivity contribution in [2.45, 2.75) is 31.7 Å². The Kier molecular flexibility index (Phi) is 5.00. The second-order valence-corrected chi connectivity index (χ2v) is 9.95. The molecule has 1 aromatic heterocycles. The first-order chi connectivity index (χ1) is 13.8. The monoisotopic (exact) mass is 413 g/mol. The zero-order valence-electron chi connectivity index (χ0n) is 16.4. The lowest BCUT2D eigenvalue weighted by Crippen LogP contribution is -2.42. The Balaban J connectivity index is 1.52. The lowest BCUT2D eigenvalue weighted by molar-refractivity contribution is 0.0640. The van der Waals surface area contributed by atoms with Crippen molar-refractivity contribution < 1.29 is 18.0 Å². The molecule has 0 N–H and O–H groups in total. The van der Waals surface area contributed by atoms with E-state index in [9.17, 15) is 18.0 Å². The highest BCUT2D eigenvalue weighted by Crippen LogP contribution is 2.27. The predicted molar refractivity (Wildman–Crippen MR) is 107 cm³/mol. The number of piperidine rings is 1. The number of aromatic nitrogens is 1. The van der Waals surface area contributed by atoms with Crippen LogP contribution in [0.2, 0.25) is 0 Å². The second-order valence-electron chi connectivity index (χ2n) is 8.01. The molecule has 2 atom stereocenters. The number of benzene rings is 1. The lowest BCUT2D eigenvalue weighted by atomic mass is 9.94. The number of rotatable bonds is 4. The van der Waals surface area contributed by atoms with Gasteiger partial charge in [0.1, 0.15) is 5.69 Å². The van der Waals surface area contributed by atoms with E-state index in [2.05, 4.69) is 18.8 Å². The normalized spacial score (nSPS) is 22.8. The van der Waals surface area contributed by atoms with E-state index in [0.29, 0.717) is 36.1 Å². The van der Waals surface area contributed by atoms with Gasteiger partial charge in [0.25, 0.3) is 11.8 Å². The van der Waals surface area contributed by atoms with E-state index >= 15 is 0 Å². The van der Waals surface area contributed by atoms with Crippen LogP contribution in [0, 0.1) is 11.8 Å². The van der Waals surface area contributed by atoms with Gasteiger partial charge >= 0.3 is 0 Å². The van der Waals surface area contributed by atoms with E-state index in [-0.39, 0.29) is 23.0 Å². The van der Waals surface area contributed by atoms with Crippen LogP contribution in [-0.4, -0.2) is 47.5 Å². The minimum absolute atomic E-state index is 0.0755. The van der Waals surface area contributed by atoms with E-state index in [0.717, 1.165) is 11.3 Å². The van der Waals surface area contributed by atoms with Crippen LogP contribution in [0.5, 0.6) is 0 Å². The maximum absolute atomic E-state index is 13.0. The van der Waals surface area contributed by atoms with Crippen LogP contribution >= 0.6 is 0 Å². The third kappa shape index (κ3) is 3.58. The SMILES string of the molecule is CC1CC(C)CN(S(=O)(=O)c2ccc(CN3C(=O)c4cccnc4C3=O)cc2)C1. The van der Waals surface area contributed by atoms with Gasteiger partial charge in [0.05, 0.1) is 17.0 Å². The Morgan fingerprint density at radius 2 is 1.66 bits per heavy atom. The van der Waals surface area contributed by atoms with Crippen molar-refractivity contribution in [2.24, 2.45) is 11.8 Å². The smallest absolute Gasteiger partial charge is 0.268 e. The van der Waals surface area contributed by atoms with Crippen LogP contribution in [0.25, 0.3) is 0 Å². The molecule has 0 spiro atoms. The lowest BCUT2D eigenvalue weighted by Gasteiger charge is -2.34. The Hall–Kier alpha value is -2.58. The molecular weight excluding hydrogens is 390 g/mol. The molecule has 2 aliphatic heterocycles. The average Bonchev–Trinajstić information content (AvgIpc) is 2.93. The molecule has 0 radical (unpaired) electrons. The fraction of sp³-hybridized carbons (Fsp3) is 0.381. The minimum atomic E-state index is -3.56. The molecule has 0 saturated carbocycles. The van der Waals surface area contributed by atoms with E-state index in [1.807, 2.05) is 0 Å². The fourth-order valence-corrected chi connectivity index (χ4v) is 5.84. The highest BCUT2D eigenvalue weighted by Gasteiger charge is 2.36. The molecular formula is C21H23N3O4S. The maximum atomic E-state index is 13.0. The number of sulfonamides is 1. The molecule has 1 saturated heterocycles. The summed E-state index contributed by atoms with van der Waals surface area (Å²) in [6.45, 7) is 5.26. The molecule has 0 bridgehead atoms. The molecule has 2 aliphatic rings. The van der Waals surface area contributed by atoms with Crippen molar-refractivity contribution in [3.05, 3.63) is 59.4 Å². The van der Waals surface area contributed by atoms with Crippen molar-refractivity contribution in [3.8, 4) is 0 Å². The molecule has 3 heterocycles. The first kappa shape index (κ1) is 19.7. The predicted octanol–water partition coefficient (Wildman–Crippen LogP) is 2.54. The summed E-state index contributed by atoms with van der Waals surface area (Å²) in [4.78, 5) is 30.3. The number of hydrogen-bond acceptors (Lipinski definition) is 5. The second kappa shape index (κ2) is 7.35. The van der Waals surface area contributed by atoms with Crippen LogP contribution in [0.15, 0.2) is 47.5 Å². The quantitative estimate of drug-likeness (QED) is 0.719. The summed E-state index contributed by atoms with van der Waals surface area (Å²) in [6, 6.07) is 9.60. The molecule has 29 heavy (non-hydrogen) atoms. The first-order valence-electron chi connectivity index (χ1n) is 9.67. The van der Waals surface area contributed by atoms with Gasteiger partial charge in [-0.1, -0.05) is 26.0 Å². The maximum Gasteiger partial charge on any atom is 0.280 e. The third-order valence-electron chi connectivity index (χ3n) is 5.47. The number of pyridine rings is 1. The van der Waals surface area contributed by atoms with Crippen molar-refractivity contribution in [3.63, 3.8) is 0 Å². The molecule has 2 aromatic rings. The van der Waals surface area contributed by atoms with Gasteiger partial charge in [-0.2, -0.15) is 4.31 Å². The van der Waals surface area contributed by atoms with Gasteiger partial charge in [-0.15, -0.1) is 0 Å². The molecule has 4 rings (SSSR count). The Labute approximate surface area is 170 Å². The van der Waals surface area contributed by atoms with Gasteiger partial charge in [-0.25, -0.2) is 8.42 Å². The number of fused-ring (bicyclic) bond motifs is 1. The summed E-state index contributed by atoms with van der Waals surface area (Å²) in [5, 5.41) is 0. The summed E-state index contributed by atoms with van der Waals surface area (Å²) >= 11 is 0. The zero-order valence-corrected chi connectivity index (χ0v) is 17.2. The van der Waals surface area contributed by atoms with Gasteiger partial charge in [0.15, 0.2) is 0 Å². The summed E-state index contributed by atoms with van der Waals surface area (Å²) in [6.07, 6.45) is 2.51. The number of imide groups is 1. The zero-order chi connectivity index (χ0) is 20.8. The summed E-state index contributed by atoms with van der Waals surface area (Å²) in [5.41, 5.74) is 1.13. The molecule has 7 nitrogen and oxygen atoms in total. The fourth-order valence-electron chi connectivity index (χ4n) is 4.16. The van der Waals surface area contributed by atoms with Crippen molar-refractivity contribution in [1.29, 1.82) is 0 Å². The van der Waals surface area contributed by atoms with Gasteiger partial charge in [0, 0.05) is 19.3 Å². The van der Waals surface area contributed by atoms with Gasteiger partial charge in [-0.3, -0.25) is 19.5 Å². The third-order valence-corrected chi connectivity index (χ3v) is 7.31. The Morgan fingerprint density at radius 1 is 1.00 bits per heavy atom. The highest BCUT2D eigenvalue weighted by molar-refractivity contribution is 7.89. The summed E-state index contributed by atoms with van der Waals surface area (Å²) in [5.74, 6) is -0.157. The first-order valence-corrected chi connectivity index (χ1v) is 11.1. The number of carbonyl (C=O) groups excluding carboxylic acids is 2. The Morgan fingerprint density at radius 3 is 2.28 bits per heavy atom. The molecule has 2 unspecified atom stereocenters. The molecule has 152 valence electrons. The summed E-state index contributed by atoms with van der Waals surface area (Å²) < 4.78 is 27.5. The van der Waals surface area contributed by atoms with E-state index in [1.165, 1.54) is 6.20 Å². The molecule has 2 amide bonds. The van der Waals surface area contributed by atoms with Crippen LogP contribution < -0.4 is 0 Å². The number of amides is 2. The molecule has 0 aliphatic carbocycles. The number of nitrogens with zero attached hydrogens (tertiary/aromatic N) is 3. The van der Waals surface area contributed by atoms with E-state index in [1.54, 1.807) is 40.7 Å². The van der Waals surface area contributed by atoms with Crippen LogP contribution in [-0.2, 0) is 16.6 Å². The molecule has 8 heteroatoms. The molecule has 1 aromatic carbocycles. The van der Waals surface area contributed by atoms with E-state index < -0.39 is 15.9 Å².